The van der Waals surface area contributed by atoms with Gasteiger partial charge in [-0.15, -0.1) is 0 Å². The fraction of sp³-hybridized carbons (Fsp3) is 0.312. The molecule has 1 aromatic carbocycles. The van der Waals surface area contributed by atoms with Crippen molar-refractivity contribution in [2.45, 2.75) is 6.54 Å². The van der Waals surface area contributed by atoms with E-state index in [0.717, 1.165) is 4.57 Å². The molecule has 138 valence electrons. The molecule has 0 aliphatic rings. The summed E-state index contributed by atoms with van der Waals surface area (Å²) >= 11 is 12.1. The Morgan fingerprint density at radius 2 is 1.92 bits per heavy atom. The van der Waals surface area contributed by atoms with Gasteiger partial charge >= 0.3 is 5.69 Å². The summed E-state index contributed by atoms with van der Waals surface area (Å²) in [6.45, 7) is 0.954. The first-order chi connectivity index (χ1) is 12.3. The second-order valence-corrected chi connectivity index (χ2v) is 6.69. The Labute approximate surface area is 158 Å². The SMILES string of the molecule is Cn1c(NCCN)nc2c1c(=O)n(Cc1ccc(Cl)cc1Cl)c(=O)n2C. The van der Waals surface area contributed by atoms with Crippen molar-refractivity contribution < 1.29 is 0 Å². The summed E-state index contributed by atoms with van der Waals surface area (Å²) in [5.41, 5.74) is 5.83. The number of nitrogens with zero attached hydrogens (tertiary/aromatic N) is 4. The minimum atomic E-state index is -0.475. The first kappa shape index (κ1) is 18.5. The molecule has 8 nitrogen and oxygen atoms in total. The molecule has 0 radical (unpaired) electrons. The average molecular weight is 397 g/mol. The van der Waals surface area contributed by atoms with Crippen LogP contribution in [0, 0.1) is 0 Å². The third-order valence-electron chi connectivity index (χ3n) is 4.13. The van der Waals surface area contributed by atoms with Crippen molar-refractivity contribution in [2.75, 3.05) is 18.4 Å². The third-order valence-corrected chi connectivity index (χ3v) is 4.72. The van der Waals surface area contributed by atoms with Gasteiger partial charge in [0.2, 0.25) is 5.95 Å². The molecule has 10 heteroatoms. The van der Waals surface area contributed by atoms with E-state index in [1.807, 2.05) is 0 Å². The number of rotatable bonds is 5. The Hall–Kier alpha value is -2.29. The van der Waals surface area contributed by atoms with Crippen LogP contribution in [0.15, 0.2) is 27.8 Å². The Bertz CT molecular complexity index is 1100. The topological polar surface area (TPSA) is 99.9 Å². The summed E-state index contributed by atoms with van der Waals surface area (Å²) in [5.74, 6) is 0.472. The van der Waals surface area contributed by atoms with Crippen LogP contribution in [0.3, 0.4) is 0 Å². The fourth-order valence-electron chi connectivity index (χ4n) is 2.75. The summed E-state index contributed by atoms with van der Waals surface area (Å²) in [5, 5.41) is 3.91. The van der Waals surface area contributed by atoms with Gasteiger partial charge in [0.05, 0.1) is 6.54 Å². The first-order valence-corrected chi connectivity index (χ1v) is 8.65. The van der Waals surface area contributed by atoms with Crippen LogP contribution in [0.5, 0.6) is 0 Å². The standard InChI is InChI=1S/C16H18Cl2N6O2/c1-22-12-13(21-15(22)20-6-5-19)23(2)16(26)24(14(12)25)8-9-3-4-10(17)7-11(9)18/h3-4,7H,5-6,8,19H2,1-2H3,(H,20,21). The molecule has 3 aromatic rings. The zero-order valence-electron chi connectivity index (χ0n) is 14.3. The maximum atomic E-state index is 13.0. The number of benzene rings is 1. The van der Waals surface area contributed by atoms with Crippen LogP contribution in [0.2, 0.25) is 10.0 Å². The van der Waals surface area contributed by atoms with E-state index in [1.54, 1.807) is 36.9 Å². The van der Waals surface area contributed by atoms with Gasteiger partial charge in [-0.1, -0.05) is 29.3 Å². The molecule has 0 unspecified atom stereocenters. The monoisotopic (exact) mass is 396 g/mol. The van der Waals surface area contributed by atoms with Gasteiger partial charge in [0.25, 0.3) is 5.56 Å². The summed E-state index contributed by atoms with van der Waals surface area (Å²) in [4.78, 5) is 30.0. The number of hydrogen-bond acceptors (Lipinski definition) is 5. The smallest absolute Gasteiger partial charge is 0.332 e. The molecule has 0 aliphatic carbocycles. The second kappa shape index (κ2) is 7.14. The largest absolute Gasteiger partial charge is 0.354 e. The summed E-state index contributed by atoms with van der Waals surface area (Å²) in [6, 6.07) is 4.93. The Kier molecular flexibility index (Phi) is 5.08. The van der Waals surface area contributed by atoms with Crippen LogP contribution in [-0.4, -0.2) is 31.8 Å². The predicted molar refractivity (Wildman–Crippen MR) is 103 cm³/mol. The van der Waals surface area contributed by atoms with Crippen LogP contribution >= 0.6 is 23.2 Å². The lowest BCUT2D eigenvalue weighted by Gasteiger charge is -2.10. The van der Waals surface area contributed by atoms with E-state index < -0.39 is 11.2 Å². The van der Waals surface area contributed by atoms with Gasteiger partial charge in [0, 0.05) is 37.2 Å². The maximum Gasteiger partial charge on any atom is 0.332 e. The zero-order chi connectivity index (χ0) is 19.0. The molecule has 0 atom stereocenters. The van der Waals surface area contributed by atoms with E-state index in [2.05, 4.69) is 10.3 Å². The second-order valence-electron chi connectivity index (χ2n) is 5.85. The van der Waals surface area contributed by atoms with E-state index in [4.69, 9.17) is 28.9 Å². The van der Waals surface area contributed by atoms with Crippen molar-refractivity contribution in [1.82, 2.24) is 18.7 Å². The van der Waals surface area contributed by atoms with Crippen LogP contribution in [0.1, 0.15) is 5.56 Å². The summed E-state index contributed by atoms with van der Waals surface area (Å²) in [7, 11) is 3.28. The molecule has 26 heavy (non-hydrogen) atoms. The van der Waals surface area contributed by atoms with Gasteiger partial charge in [-0.2, -0.15) is 4.98 Å². The molecule has 2 aromatic heterocycles. The number of anilines is 1. The quantitative estimate of drug-likeness (QED) is 0.673. The number of aromatic nitrogens is 4. The van der Waals surface area contributed by atoms with Crippen molar-refractivity contribution >= 4 is 40.3 Å². The van der Waals surface area contributed by atoms with Crippen molar-refractivity contribution in [3.8, 4) is 0 Å². The lowest BCUT2D eigenvalue weighted by Crippen LogP contribution is -2.39. The minimum Gasteiger partial charge on any atom is -0.354 e. The number of imidazole rings is 1. The van der Waals surface area contributed by atoms with Crippen molar-refractivity contribution in [2.24, 2.45) is 19.8 Å². The molecule has 0 amide bonds. The lowest BCUT2D eigenvalue weighted by atomic mass is 10.2. The van der Waals surface area contributed by atoms with E-state index >= 15 is 0 Å². The van der Waals surface area contributed by atoms with Crippen LogP contribution < -0.4 is 22.3 Å². The van der Waals surface area contributed by atoms with Crippen molar-refractivity contribution in [1.29, 1.82) is 0 Å². The number of nitrogens with two attached hydrogens (primary N) is 1. The molecule has 2 heterocycles. The highest BCUT2D eigenvalue weighted by Crippen LogP contribution is 2.21. The fourth-order valence-corrected chi connectivity index (χ4v) is 3.21. The van der Waals surface area contributed by atoms with Gasteiger partial charge in [-0.25, -0.2) is 4.79 Å². The van der Waals surface area contributed by atoms with Gasteiger partial charge in [0.15, 0.2) is 11.2 Å². The predicted octanol–water partition coefficient (Wildman–Crippen LogP) is 1.16. The maximum absolute atomic E-state index is 13.0. The number of hydrogen-bond donors (Lipinski definition) is 2. The highest BCUT2D eigenvalue weighted by molar-refractivity contribution is 6.35. The van der Waals surface area contributed by atoms with Crippen molar-refractivity contribution in [3.63, 3.8) is 0 Å². The Balaban J connectivity index is 2.19. The highest BCUT2D eigenvalue weighted by Gasteiger charge is 2.19. The van der Waals surface area contributed by atoms with Gasteiger partial charge in [-0.05, 0) is 17.7 Å². The van der Waals surface area contributed by atoms with Gasteiger partial charge in [0.1, 0.15) is 0 Å². The van der Waals surface area contributed by atoms with E-state index in [1.165, 1.54) is 4.57 Å². The van der Waals surface area contributed by atoms with Gasteiger partial charge < -0.3 is 15.6 Å². The van der Waals surface area contributed by atoms with E-state index in [0.29, 0.717) is 45.8 Å². The van der Waals surface area contributed by atoms with Crippen LogP contribution in [0.4, 0.5) is 5.95 Å². The summed E-state index contributed by atoms with van der Waals surface area (Å²) in [6.07, 6.45) is 0. The summed E-state index contributed by atoms with van der Waals surface area (Å²) < 4.78 is 4.09. The van der Waals surface area contributed by atoms with Crippen LogP contribution in [0.25, 0.3) is 11.2 Å². The number of aryl methyl sites for hydroxylation is 2. The molecule has 0 fully saturated rings. The average Bonchev–Trinajstić information content (AvgIpc) is 2.93. The molecule has 0 saturated heterocycles. The minimum absolute atomic E-state index is 0.0359. The number of fused-ring (bicyclic) bond motifs is 1. The number of nitrogens with one attached hydrogen (secondary N) is 1. The molecule has 0 spiro atoms. The Morgan fingerprint density at radius 1 is 1.19 bits per heavy atom. The Morgan fingerprint density at radius 3 is 2.58 bits per heavy atom. The highest BCUT2D eigenvalue weighted by atomic mass is 35.5. The molecular weight excluding hydrogens is 379 g/mol. The number of halogens is 2. The molecule has 3 rings (SSSR count). The lowest BCUT2D eigenvalue weighted by molar-refractivity contribution is 0.655. The first-order valence-electron chi connectivity index (χ1n) is 7.89. The molecular formula is C16H18Cl2N6O2. The van der Waals surface area contributed by atoms with E-state index in [9.17, 15) is 9.59 Å². The molecule has 0 aliphatic heterocycles. The molecule has 0 bridgehead atoms. The van der Waals surface area contributed by atoms with Crippen LogP contribution in [-0.2, 0) is 20.6 Å². The zero-order valence-corrected chi connectivity index (χ0v) is 15.8. The third kappa shape index (κ3) is 3.11. The molecule has 0 saturated carbocycles. The normalized spacial score (nSPS) is 11.3. The molecule has 3 N–H and O–H groups in total. The van der Waals surface area contributed by atoms with Gasteiger partial charge in [-0.3, -0.25) is 13.9 Å². The van der Waals surface area contributed by atoms with Crippen molar-refractivity contribution in [3.05, 3.63) is 54.6 Å². The van der Waals surface area contributed by atoms with E-state index in [-0.39, 0.29) is 6.54 Å².